The first-order valence-electron chi connectivity index (χ1n) is 4.99. The van der Waals surface area contributed by atoms with Crippen molar-refractivity contribution in [3.8, 4) is 0 Å². The maximum atomic E-state index is 9.93. The minimum absolute atomic E-state index is 0.425. The topological polar surface area (TPSA) is 70.7 Å². The smallest absolute Gasteiger partial charge is 0.160 e. The molecule has 0 aliphatic rings. The highest BCUT2D eigenvalue weighted by molar-refractivity contribution is 7.80. The molecule has 2 heterocycles. The zero-order valence-electron chi connectivity index (χ0n) is 8.56. The van der Waals surface area contributed by atoms with Crippen molar-refractivity contribution in [1.82, 2.24) is 14.6 Å². The van der Waals surface area contributed by atoms with Crippen molar-refractivity contribution >= 4 is 18.3 Å². The molecule has 0 fully saturated rings. The minimum atomic E-state index is -0.973. The van der Waals surface area contributed by atoms with Crippen molar-refractivity contribution in [2.45, 2.75) is 18.6 Å². The fourth-order valence-corrected chi connectivity index (χ4v) is 1.82. The second-order valence-electron chi connectivity index (χ2n) is 3.51. The fraction of sp³-hybridized carbons (Fsp3) is 0.400. The van der Waals surface area contributed by atoms with Gasteiger partial charge in [0.15, 0.2) is 5.65 Å². The molecular weight excluding hydrogens is 226 g/mol. The second kappa shape index (κ2) is 4.82. The number of aromatic nitrogens is 3. The molecule has 86 valence electrons. The molecule has 2 unspecified atom stereocenters. The van der Waals surface area contributed by atoms with Crippen molar-refractivity contribution in [2.75, 3.05) is 5.75 Å². The average molecular weight is 239 g/mol. The van der Waals surface area contributed by atoms with Crippen molar-refractivity contribution in [3.63, 3.8) is 0 Å². The van der Waals surface area contributed by atoms with Crippen LogP contribution < -0.4 is 0 Å². The second-order valence-corrected chi connectivity index (χ2v) is 3.96. The van der Waals surface area contributed by atoms with Crippen LogP contribution in [0.1, 0.15) is 18.1 Å². The molecule has 2 rings (SSSR count). The standard InChI is InChI=1S/C10H13N3O2S/c14-8(2-5-16)9(15)7-6-12-13-4-1-3-11-10(7)13/h1,3-4,6,8-9,14-16H,2,5H2. The Morgan fingerprint density at radius 3 is 3.00 bits per heavy atom. The van der Waals surface area contributed by atoms with Gasteiger partial charge in [-0.2, -0.15) is 17.7 Å². The third kappa shape index (κ3) is 2.04. The van der Waals surface area contributed by atoms with Crippen molar-refractivity contribution < 1.29 is 10.2 Å². The summed E-state index contributed by atoms with van der Waals surface area (Å²) < 4.78 is 1.56. The van der Waals surface area contributed by atoms with Gasteiger partial charge in [-0.3, -0.25) is 0 Å². The van der Waals surface area contributed by atoms with E-state index in [1.165, 1.54) is 6.20 Å². The average Bonchev–Trinajstić information content (AvgIpc) is 2.72. The number of aliphatic hydroxyl groups excluding tert-OH is 2. The van der Waals surface area contributed by atoms with E-state index in [4.69, 9.17) is 0 Å². The quantitative estimate of drug-likeness (QED) is 0.677. The summed E-state index contributed by atoms with van der Waals surface area (Å²) in [5, 5.41) is 23.7. The van der Waals surface area contributed by atoms with E-state index in [9.17, 15) is 10.2 Å². The van der Waals surface area contributed by atoms with Gasteiger partial charge in [-0.25, -0.2) is 9.50 Å². The Balaban J connectivity index is 2.32. The van der Waals surface area contributed by atoms with Crippen LogP contribution in [0, 0.1) is 0 Å². The number of hydrogen-bond donors (Lipinski definition) is 3. The molecule has 6 heteroatoms. The van der Waals surface area contributed by atoms with E-state index < -0.39 is 12.2 Å². The van der Waals surface area contributed by atoms with Gasteiger partial charge in [0.1, 0.15) is 6.10 Å². The number of nitrogens with zero attached hydrogens (tertiary/aromatic N) is 3. The van der Waals surface area contributed by atoms with Crippen LogP contribution in [0.15, 0.2) is 24.7 Å². The van der Waals surface area contributed by atoms with Crippen LogP contribution in [-0.2, 0) is 0 Å². The molecule has 0 bridgehead atoms. The Hall–Kier alpha value is -1.11. The zero-order valence-corrected chi connectivity index (χ0v) is 9.46. The molecule has 0 aliphatic carbocycles. The van der Waals surface area contributed by atoms with Crippen LogP contribution in [0.3, 0.4) is 0 Å². The van der Waals surface area contributed by atoms with Gasteiger partial charge in [0.2, 0.25) is 0 Å². The van der Waals surface area contributed by atoms with Crippen molar-refractivity contribution in [3.05, 3.63) is 30.2 Å². The Kier molecular flexibility index (Phi) is 3.42. The van der Waals surface area contributed by atoms with Gasteiger partial charge >= 0.3 is 0 Å². The van der Waals surface area contributed by atoms with E-state index in [2.05, 4.69) is 22.7 Å². The third-order valence-corrected chi connectivity index (χ3v) is 2.67. The number of thiol groups is 1. The molecule has 2 atom stereocenters. The summed E-state index contributed by atoms with van der Waals surface area (Å²) >= 11 is 4.02. The molecule has 0 amide bonds. The predicted molar refractivity (Wildman–Crippen MR) is 62.4 cm³/mol. The van der Waals surface area contributed by atoms with Crippen LogP contribution in [0.5, 0.6) is 0 Å². The largest absolute Gasteiger partial charge is 0.390 e. The molecule has 0 aliphatic heterocycles. The van der Waals surface area contributed by atoms with Crippen LogP contribution in [-0.4, -0.2) is 36.7 Å². The molecule has 0 saturated heterocycles. The maximum Gasteiger partial charge on any atom is 0.160 e. The first-order valence-corrected chi connectivity index (χ1v) is 5.62. The summed E-state index contributed by atoms with van der Waals surface area (Å²) in [6.07, 6.45) is 3.50. The van der Waals surface area contributed by atoms with Gasteiger partial charge in [-0.15, -0.1) is 0 Å². The van der Waals surface area contributed by atoms with E-state index in [1.807, 2.05) is 0 Å². The molecule has 0 saturated carbocycles. The summed E-state index contributed by atoms with van der Waals surface area (Å²) in [7, 11) is 0. The number of aliphatic hydroxyl groups is 2. The van der Waals surface area contributed by atoms with Crippen LogP contribution in [0.2, 0.25) is 0 Å². The van der Waals surface area contributed by atoms with Gasteiger partial charge in [-0.05, 0) is 18.2 Å². The Morgan fingerprint density at radius 1 is 1.44 bits per heavy atom. The molecular formula is C10H13N3O2S. The molecule has 0 radical (unpaired) electrons. The summed E-state index contributed by atoms with van der Waals surface area (Å²) in [6, 6.07) is 1.75. The molecule has 2 aromatic heterocycles. The highest BCUT2D eigenvalue weighted by Crippen LogP contribution is 2.22. The Morgan fingerprint density at radius 2 is 2.25 bits per heavy atom. The maximum absolute atomic E-state index is 9.93. The molecule has 5 nitrogen and oxygen atoms in total. The zero-order chi connectivity index (χ0) is 11.5. The third-order valence-electron chi connectivity index (χ3n) is 2.41. The van der Waals surface area contributed by atoms with E-state index in [-0.39, 0.29) is 0 Å². The molecule has 2 aromatic rings. The summed E-state index contributed by atoms with van der Waals surface area (Å²) in [4.78, 5) is 4.12. The summed E-state index contributed by atoms with van der Waals surface area (Å²) in [6.45, 7) is 0. The lowest BCUT2D eigenvalue weighted by Gasteiger charge is -2.15. The first kappa shape index (κ1) is 11.4. The highest BCUT2D eigenvalue weighted by Gasteiger charge is 2.21. The monoisotopic (exact) mass is 239 g/mol. The molecule has 16 heavy (non-hydrogen) atoms. The Bertz CT molecular complexity index is 474. The molecule has 0 aromatic carbocycles. The number of rotatable bonds is 4. The van der Waals surface area contributed by atoms with Crippen LogP contribution in [0.4, 0.5) is 0 Å². The van der Waals surface area contributed by atoms with E-state index in [0.717, 1.165) is 0 Å². The lowest BCUT2D eigenvalue weighted by molar-refractivity contribution is 0.0179. The van der Waals surface area contributed by atoms with Crippen molar-refractivity contribution in [2.24, 2.45) is 0 Å². The summed E-state index contributed by atoms with van der Waals surface area (Å²) in [5.41, 5.74) is 1.10. The lowest BCUT2D eigenvalue weighted by atomic mass is 10.1. The van der Waals surface area contributed by atoms with Crippen molar-refractivity contribution in [1.29, 1.82) is 0 Å². The first-order chi connectivity index (χ1) is 7.74. The van der Waals surface area contributed by atoms with E-state index in [1.54, 1.807) is 23.0 Å². The Labute approximate surface area is 98.2 Å². The van der Waals surface area contributed by atoms with E-state index in [0.29, 0.717) is 23.4 Å². The van der Waals surface area contributed by atoms with Crippen LogP contribution in [0.25, 0.3) is 5.65 Å². The van der Waals surface area contributed by atoms with Gasteiger partial charge in [0, 0.05) is 18.0 Å². The lowest BCUT2D eigenvalue weighted by Crippen LogP contribution is -2.18. The SMILES string of the molecule is OC(CCS)C(O)c1cnn2cccnc12. The fourth-order valence-electron chi connectivity index (χ4n) is 1.55. The normalized spacial score (nSPS) is 15.2. The summed E-state index contributed by atoms with van der Waals surface area (Å²) in [5.74, 6) is 0.519. The number of fused-ring (bicyclic) bond motifs is 1. The molecule has 0 spiro atoms. The highest BCUT2D eigenvalue weighted by atomic mass is 32.1. The van der Waals surface area contributed by atoms with Gasteiger partial charge < -0.3 is 10.2 Å². The number of hydrogen-bond acceptors (Lipinski definition) is 5. The van der Waals surface area contributed by atoms with Crippen LogP contribution >= 0.6 is 12.6 Å². The van der Waals surface area contributed by atoms with Gasteiger partial charge in [0.05, 0.1) is 12.3 Å². The molecule has 2 N–H and O–H groups in total. The van der Waals surface area contributed by atoms with Gasteiger partial charge in [0.25, 0.3) is 0 Å². The van der Waals surface area contributed by atoms with E-state index >= 15 is 0 Å². The minimum Gasteiger partial charge on any atom is -0.390 e. The predicted octanol–water partition coefficient (Wildman–Crippen LogP) is 0.443. The van der Waals surface area contributed by atoms with Gasteiger partial charge in [-0.1, -0.05) is 0 Å².